The zero-order valence-electron chi connectivity index (χ0n) is 13.9. The summed E-state index contributed by atoms with van der Waals surface area (Å²) < 4.78 is 0. The molecule has 0 radical (unpaired) electrons. The van der Waals surface area contributed by atoms with Gasteiger partial charge in [0.1, 0.15) is 0 Å². The van der Waals surface area contributed by atoms with E-state index in [0.717, 1.165) is 16.0 Å². The zero-order chi connectivity index (χ0) is 17.3. The van der Waals surface area contributed by atoms with Crippen LogP contribution in [0.25, 0.3) is 5.57 Å². The third-order valence-electron chi connectivity index (χ3n) is 3.89. The molecule has 0 N–H and O–H groups in total. The monoisotopic (exact) mass is 337 g/mol. The molecule has 4 heteroatoms. The van der Waals surface area contributed by atoms with Crippen molar-refractivity contribution in [2.45, 2.75) is 31.7 Å². The van der Waals surface area contributed by atoms with Gasteiger partial charge in [0.2, 0.25) is 0 Å². The molecule has 2 aromatic carbocycles. The maximum atomic E-state index is 12.9. The number of hydrogen-bond acceptors (Lipinski definition) is 3. The van der Waals surface area contributed by atoms with Crippen LogP contribution in [0.1, 0.15) is 25.0 Å². The van der Waals surface area contributed by atoms with E-state index >= 15 is 0 Å². The van der Waals surface area contributed by atoms with Gasteiger partial charge in [-0.15, -0.1) is 0 Å². The Morgan fingerprint density at radius 1 is 0.875 bits per heavy atom. The molecule has 2 aromatic rings. The van der Waals surface area contributed by atoms with Crippen molar-refractivity contribution in [3.05, 3.63) is 70.6 Å². The first-order valence-corrected chi connectivity index (χ1v) is 8.73. The normalized spacial score (nSPS) is 14.9. The van der Waals surface area contributed by atoms with Gasteiger partial charge in [-0.2, -0.15) is 0 Å². The van der Waals surface area contributed by atoms with Crippen LogP contribution < -0.4 is 0 Å². The summed E-state index contributed by atoms with van der Waals surface area (Å²) in [7, 11) is 0. The Hall–Kier alpha value is -2.33. The highest BCUT2D eigenvalue weighted by atomic mass is 32.2. The van der Waals surface area contributed by atoms with Gasteiger partial charge in [0.25, 0.3) is 11.8 Å². The van der Waals surface area contributed by atoms with Gasteiger partial charge in [-0.1, -0.05) is 59.8 Å². The molecule has 1 heterocycles. The molecule has 0 aliphatic carbocycles. The highest BCUT2D eigenvalue weighted by Crippen LogP contribution is 2.40. The molecule has 0 unspecified atom stereocenters. The Morgan fingerprint density at radius 2 is 1.50 bits per heavy atom. The number of imide groups is 1. The number of thioether (sulfide) groups is 1. The van der Waals surface area contributed by atoms with Gasteiger partial charge in [-0.25, -0.2) is 0 Å². The summed E-state index contributed by atoms with van der Waals surface area (Å²) in [5.74, 6) is -0.420. The Kier molecular flexibility index (Phi) is 4.58. The second-order valence-electron chi connectivity index (χ2n) is 6.06. The molecule has 3 nitrogen and oxygen atoms in total. The number of aryl methyl sites for hydroxylation is 1. The molecule has 0 aromatic heterocycles. The van der Waals surface area contributed by atoms with Crippen molar-refractivity contribution in [3.8, 4) is 0 Å². The molecule has 2 amide bonds. The Bertz CT molecular complexity index is 807. The molecular weight excluding hydrogens is 318 g/mol. The minimum Gasteiger partial charge on any atom is -0.271 e. The minimum absolute atomic E-state index is 0.167. The van der Waals surface area contributed by atoms with Gasteiger partial charge in [-0.3, -0.25) is 14.5 Å². The highest BCUT2D eigenvalue weighted by molar-refractivity contribution is 8.04. The predicted molar refractivity (Wildman–Crippen MR) is 97.4 cm³/mol. The molecule has 0 atom stereocenters. The fourth-order valence-electron chi connectivity index (χ4n) is 2.67. The number of benzene rings is 2. The fourth-order valence-corrected chi connectivity index (χ4v) is 3.69. The highest BCUT2D eigenvalue weighted by Gasteiger charge is 2.40. The number of amides is 2. The number of rotatable bonds is 4. The van der Waals surface area contributed by atoms with E-state index in [1.807, 2.05) is 75.4 Å². The quantitative estimate of drug-likeness (QED) is 0.782. The van der Waals surface area contributed by atoms with E-state index < -0.39 is 0 Å². The Labute approximate surface area is 146 Å². The molecule has 24 heavy (non-hydrogen) atoms. The van der Waals surface area contributed by atoms with Crippen LogP contribution >= 0.6 is 11.8 Å². The number of hydrogen-bond donors (Lipinski definition) is 0. The minimum atomic E-state index is -0.211. The van der Waals surface area contributed by atoms with Crippen molar-refractivity contribution in [3.63, 3.8) is 0 Å². The van der Waals surface area contributed by atoms with Crippen LogP contribution in [0.5, 0.6) is 0 Å². The summed E-state index contributed by atoms with van der Waals surface area (Å²) in [4.78, 5) is 28.5. The second-order valence-corrected chi connectivity index (χ2v) is 7.14. The topological polar surface area (TPSA) is 37.4 Å². The predicted octanol–water partition coefficient (Wildman–Crippen LogP) is 4.28. The summed E-state index contributed by atoms with van der Waals surface area (Å²) in [6, 6.07) is 17.2. The van der Waals surface area contributed by atoms with Crippen molar-refractivity contribution >= 4 is 29.1 Å². The van der Waals surface area contributed by atoms with Crippen molar-refractivity contribution < 1.29 is 9.59 Å². The van der Waals surface area contributed by atoms with Crippen LogP contribution in [-0.4, -0.2) is 22.8 Å². The smallest absolute Gasteiger partial charge is 0.268 e. The third-order valence-corrected chi connectivity index (χ3v) is 4.98. The fraction of sp³-hybridized carbons (Fsp3) is 0.200. The van der Waals surface area contributed by atoms with E-state index in [0.29, 0.717) is 10.5 Å². The van der Waals surface area contributed by atoms with Gasteiger partial charge in [-0.05, 0) is 38.5 Å². The van der Waals surface area contributed by atoms with E-state index in [2.05, 4.69) is 0 Å². The second kappa shape index (κ2) is 6.65. The van der Waals surface area contributed by atoms with Crippen LogP contribution in [0.15, 0.2) is 64.4 Å². The summed E-state index contributed by atoms with van der Waals surface area (Å²) in [6.45, 7) is 5.72. The van der Waals surface area contributed by atoms with E-state index in [1.165, 1.54) is 16.7 Å². The molecule has 1 aliphatic heterocycles. The largest absolute Gasteiger partial charge is 0.271 e. The van der Waals surface area contributed by atoms with Crippen LogP contribution in [0.4, 0.5) is 0 Å². The van der Waals surface area contributed by atoms with E-state index in [1.54, 1.807) is 0 Å². The maximum absolute atomic E-state index is 12.9. The van der Waals surface area contributed by atoms with Crippen LogP contribution in [0.2, 0.25) is 0 Å². The molecule has 0 saturated heterocycles. The van der Waals surface area contributed by atoms with Crippen molar-refractivity contribution in [2.75, 3.05) is 0 Å². The van der Waals surface area contributed by atoms with E-state index in [4.69, 9.17) is 0 Å². The Morgan fingerprint density at radius 3 is 2.08 bits per heavy atom. The number of carbonyl (C=O) groups is 2. The van der Waals surface area contributed by atoms with Crippen LogP contribution in [0.3, 0.4) is 0 Å². The average molecular weight is 337 g/mol. The van der Waals surface area contributed by atoms with Gasteiger partial charge >= 0.3 is 0 Å². The first-order chi connectivity index (χ1) is 11.5. The molecule has 1 aliphatic rings. The molecule has 0 spiro atoms. The van der Waals surface area contributed by atoms with Crippen LogP contribution in [0, 0.1) is 6.92 Å². The molecule has 0 saturated carbocycles. The van der Waals surface area contributed by atoms with E-state index in [9.17, 15) is 9.59 Å². The van der Waals surface area contributed by atoms with Gasteiger partial charge in [0, 0.05) is 10.9 Å². The van der Waals surface area contributed by atoms with Crippen molar-refractivity contribution in [1.29, 1.82) is 0 Å². The van der Waals surface area contributed by atoms with Gasteiger partial charge in [0.05, 0.1) is 10.5 Å². The summed E-state index contributed by atoms with van der Waals surface area (Å²) >= 11 is 1.36. The first-order valence-electron chi connectivity index (χ1n) is 7.91. The molecular formula is C20H19NO2S. The lowest BCUT2D eigenvalue weighted by molar-refractivity contribution is -0.138. The zero-order valence-corrected chi connectivity index (χ0v) is 14.8. The van der Waals surface area contributed by atoms with Gasteiger partial charge in [0.15, 0.2) is 0 Å². The average Bonchev–Trinajstić information content (AvgIpc) is 2.80. The van der Waals surface area contributed by atoms with Crippen molar-refractivity contribution in [2.24, 2.45) is 0 Å². The standard InChI is InChI=1S/C20H19NO2S/c1-13(2)21-19(22)17(15-11-9-14(3)10-12-15)18(20(21)23)24-16-7-5-4-6-8-16/h4-13H,1-3H3. The third kappa shape index (κ3) is 3.02. The van der Waals surface area contributed by atoms with Crippen molar-refractivity contribution in [1.82, 2.24) is 4.90 Å². The number of nitrogens with zero attached hydrogens (tertiary/aromatic N) is 1. The molecule has 3 rings (SSSR count). The summed E-state index contributed by atoms with van der Waals surface area (Å²) in [6.07, 6.45) is 0. The SMILES string of the molecule is Cc1ccc(C2=C(Sc3ccccc3)C(=O)N(C(C)C)C2=O)cc1. The van der Waals surface area contributed by atoms with E-state index in [-0.39, 0.29) is 17.9 Å². The summed E-state index contributed by atoms with van der Waals surface area (Å²) in [5, 5.41) is 0. The lowest BCUT2D eigenvalue weighted by Gasteiger charge is -2.19. The Balaban J connectivity index is 2.10. The lowest BCUT2D eigenvalue weighted by atomic mass is 10.0. The number of carbonyl (C=O) groups excluding carboxylic acids is 2. The van der Waals surface area contributed by atoms with Gasteiger partial charge < -0.3 is 0 Å². The molecule has 0 fully saturated rings. The van der Waals surface area contributed by atoms with Crippen LogP contribution in [-0.2, 0) is 9.59 Å². The molecule has 0 bridgehead atoms. The maximum Gasteiger partial charge on any atom is 0.268 e. The molecule has 122 valence electrons. The summed E-state index contributed by atoms with van der Waals surface area (Å²) in [5.41, 5.74) is 2.41. The first kappa shape index (κ1) is 16.5. The lowest BCUT2D eigenvalue weighted by Crippen LogP contribution is -2.37.